The molecule has 0 aromatic rings. The van der Waals surface area contributed by atoms with E-state index in [2.05, 4.69) is 16.0 Å². The lowest BCUT2D eigenvalue weighted by Crippen LogP contribution is -2.61. The van der Waals surface area contributed by atoms with Crippen LogP contribution in [0.1, 0.15) is 73.1 Å². The number of nitrogens with two attached hydrogens (primary N) is 1. The molecule has 1 heterocycles. The topological polar surface area (TPSA) is 151 Å². The first-order valence-electron chi connectivity index (χ1n) is 13.4. The van der Waals surface area contributed by atoms with Gasteiger partial charge in [-0.05, 0) is 56.8 Å². The highest BCUT2D eigenvalue weighted by Gasteiger charge is 2.69. The van der Waals surface area contributed by atoms with E-state index >= 15 is 0 Å². The molecule has 0 spiro atoms. The summed E-state index contributed by atoms with van der Waals surface area (Å²) in [6, 6.07) is -4.82. The number of Topliss-reactive ketones (excluding diaryl/α,β-unsaturated/α-hetero) is 1. The molecule has 10 nitrogen and oxygen atoms in total. The molecule has 3 rings (SSSR count). The maximum atomic E-state index is 14.0. The monoisotopic (exact) mass is 559 g/mol. The molecule has 39 heavy (non-hydrogen) atoms. The summed E-state index contributed by atoms with van der Waals surface area (Å²) in [5.41, 5.74) is 4.01. The van der Waals surface area contributed by atoms with Gasteiger partial charge < -0.3 is 26.6 Å². The fourth-order valence-electron chi connectivity index (χ4n) is 6.23. The minimum Gasteiger partial charge on any atom is -0.363 e. The van der Waals surface area contributed by atoms with Crippen LogP contribution in [0.2, 0.25) is 0 Å². The van der Waals surface area contributed by atoms with E-state index in [1.165, 1.54) is 4.90 Å². The van der Waals surface area contributed by atoms with Gasteiger partial charge in [-0.15, -0.1) is 0 Å². The Hall–Kier alpha value is -2.86. The molecule has 2 saturated carbocycles. The van der Waals surface area contributed by atoms with Crippen molar-refractivity contribution >= 4 is 29.5 Å². The standard InChI is InChI=1S/C26H40F3N5O5/c1-24(2,3)33-23(39)32-17(13-9-7-6-8-10-13)22(38)34-12-14-16(25(14,4)5)18(34)21(37)31-15(11-26(27,28)29)19(35)20(30)36/h13-18H,6-12H2,1-5H3,(H2,30,36)(H,31,37)(H2,32,33,39)/t14?,15?,16?,17-,18-/m0/s1. The third-order valence-corrected chi connectivity index (χ3v) is 8.23. The van der Waals surface area contributed by atoms with Crippen molar-refractivity contribution in [2.45, 2.75) is 103 Å². The predicted octanol–water partition coefficient (Wildman–Crippen LogP) is 2.01. The van der Waals surface area contributed by atoms with E-state index in [1.54, 1.807) is 20.8 Å². The molecule has 3 fully saturated rings. The lowest BCUT2D eigenvalue weighted by atomic mass is 9.83. The van der Waals surface area contributed by atoms with Crippen LogP contribution in [0.15, 0.2) is 0 Å². The fraction of sp³-hybridized carbons (Fsp3) is 0.808. The number of carbonyl (C=O) groups excluding carboxylic acids is 5. The number of piperidine rings is 1. The molecule has 220 valence electrons. The second-order valence-electron chi connectivity index (χ2n) is 12.7. The number of nitrogens with one attached hydrogen (secondary N) is 3. The number of amides is 5. The number of nitrogens with zero attached hydrogens (tertiary/aromatic N) is 1. The number of ketones is 1. The van der Waals surface area contributed by atoms with Crippen LogP contribution in [0.5, 0.6) is 0 Å². The molecule has 0 aromatic carbocycles. The van der Waals surface area contributed by atoms with Gasteiger partial charge in [-0.25, -0.2) is 4.79 Å². The van der Waals surface area contributed by atoms with Gasteiger partial charge in [0.2, 0.25) is 17.6 Å². The van der Waals surface area contributed by atoms with Gasteiger partial charge in [0.15, 0.2) is 0 Å². The second kappa shape index (κ2) is 11.0. The van der Waals surface area contributed by atoms with Crippen LogP contribution >= 0.6 is 0 Å². The SMILES string of the molecule is CC(C)(C)NC(=O)N[C@H](C(=O)N1CC2C([C@H]1C(=O)NC(CC(F)(F)F)C(=O)C(N)=O)C2(C)C)C1CCCCC1. The Balaban J connectivity index is 1.88. The van der Waals surface area contributed by atoms with E-state index < -0.39 is 65.8 Å². The highest BCUT2D eigenvalue weighted by atomic mass is 19.4. The average Bonchev–Trinajstić information content (AvgIpc) is 3.14. The number of alkyl halides is 3. The lowest BCUT2D eigenvalue weighted by Gasteiger charge is -2.37. The summed E-state index contributed by atoms with van der Waals surface area (Å²) in [4.78, 5) is 65.0. The largest absolute Gasteiger partial charge is 0.391 e. The number of halogens is 3. The van der Waals surface area contributed by atoms with Gasteiger partial charge in [-0.2, -0.15) is 13.2 Å². The number of carbonyl (C=O) groups is 5. The Bertz CT molecular complexity index is 1000. The first kappa shape index (κ1) is 30.7. The van der Waals surface area contributed by atoms with Crippen LogP contribution in [0.4, 0.5) is 18.0 Å². The van der Waals surface area contributed by atoms with Crippen LogP contribution < -0.4 is 21.7 Å². The summed E-state index contributed by atoms with van der Waals surface area (Å²) in [7, 11) is 0. The summed E-state index contributed by atoms with van der Waals surface area (Å²) in [5, 5.41) is 7.64. The van der Waals surface area contributed by atoms with E-state index in [1.807, 2.05) is 13.8 Å². The molecule has 5 amide bonds. The van der Waals surface area contributed by atoms with Crippen molar-refractivity contribution in [1.82, 2.24) is 20.9 Å². The molecule has 13 heteroatoms. The van der Waals surface area contributed by atoms with Crippen molar-refractivity contribution in [1.29, 1.82) is 0 Å². The van der Waals surface area contributed by atoms with Crippen LogP contribution in [-0.2, 0) is 19.2 Å². The average molecular weight is 560 g/mol. The van der Waals surface area contributed by atoms with Crippen molar-refractivity contribution in [2.75, 3.05) is 6.54 Å². The van der Waals surface area contributed by atoms with Crippen LogP contribution in [0.25, 0.3) is 0 Å². The van der Waals surface area contributed by atoms with Gasteiger partial charge in [0.25, 0.3) is 5.91 Å². The van der Waals surface area contributed by atoms with Crippen LogP contribution in [0.3, 0.4) is 0 Å². The summed E-state index contributed by atoms with van der Waals surface area (Å²) in [6.07, 6.45) is -2.44. The number of hydrogen-bond acceptors (Lipinski definition) is 5. The Morgan fingerprint density at radius 2 is 1.59 bits per heavy atom. The van der Waals surface area contributed by atoms with Gasteiger partial charge in [0.05, 0.1) is 6.42 Å². The highest BCUT2D eigenvalue weighted by molar-refractivity contribution is 6.37. The normalized spacial score (nSPS) is 26.2. The third-order valence-electron chi connectivity index (χ3n) is 8.23. The number of rotatable bonds is 8. The van der Waals surface area contributed by atoms with Gasteiger partial charge >= 0.3 is 12.2 Å². The molecule has 1 saturated heterocycles. The van der Waals surface area contributed by atoms with Gasteiger partial charge in [0, 0.05) is 12.1 Å². The van der Waals surface area contributed by atoms with Crippen molar-refractivity contribution in [3.8, 4) is 0 Å². The van der Waals surface area contributed by atoms with Crippen molar-refractivity contribution in [3.63, 3.8) is 0 Å². The zero-order valence-electron chi connectivity index (χ0n) is 23.1. The predicted molar refractivity (Wildman–Crippen MR) is 135 cm³/mol. The van der Waals surface area contributed by atoms with Gasteiger partial charge in [-0.1, -0.05) is 33.1 Å². The minimum atomic E-state index is -4.86. The summed E-state index contributed by atoms with van der Waals surface area (Å²) in [6.45, 7) is 9.38. The highest BCUT2D eigenvalue weighted by Crippen LogP contribution is 2.65. The molecule has 0 bridgehead atoms. The molecule has 0 radical (unpaired) electrons. The van der Waals surface area contributed by atoms with E-state index in [9.17, 15) is 37.1 Å². The van der Waals surface area contributed by atoms with E-state index in [0.717, 1.165) is 19.3 Å². The quantitative estimate of drug-likeness (QED) is 0.336. The number of primary amides is 1. The van der Waals surface area contributed by atoms with Crippen molar-refractivity contribution in [2.24, 2.45) is 28.9 Å². The summed E-state index contributed by atoms with van der Waals surface area (Å²) >= 11 is 0. The molecule has 1 aliphatic heterocycles. The Morgan fingerprint density at radius 3 is 2.10 bits per heavy atom. The lowest BCUT2D eigenvalue weighted by molar-refractivity contribution is -0.155. The van der Waals surface area contributed by atoms with Gasteiger partial charge in [0.1, 0.15) is 18.1 Å². The Morgan fingerprint density at radius 1 is 1.00 bits per heavy atom. The first-order chi connectivity index (χ1) is 17.8. The van der Waals surface area contributed by atoms with Crippen LogP contribution in [0, 0.1) is 23.2 Å². The third kappa shape index (κ3) is 7.21. The molecule has 2 aliphatic carbocycles. The number of urea groups is 1. The zero-order chi connectivity index (χ0) is 29.5. The fourth-order valence-corrected chi connectivity index (χ4v) is 6.23. The maximum absolute atomic E-state index is 14.0. The van der Waals surface area contributed by atoms with Crippen LogP contribution in [-0.4, -0.2) is 70.8 Å². The molecule has 3 aliphatic rings. The molecular formula is C26H40F3N5O5. The number of hydrogen-bond donors (Lipinski definition) is 4. The molecular weight excluding hydrogens is 519 g/mol. The van der Waals surface area contributed by atoms with E-state index in [-0.39, 0.29) is 29.7 Å². The second-order valence-corrected chi connectivity index (χ2v) is 12.7. The maximum Gasteiger partial charge on any atom is 0.391 e. The first-order valence-corrected chi connectivity index (χ1v) is 13.4. The zero-order valence-corrected chi connectivity index (χ0v) is 23.1. The Kier molecular flexibility index (Phi) is 8.62. The Labute approximate surface area is 226 Å². The molecule has 0 aromatic heterocycles. The number of likely N-dealkylation sites (tertiary alicyclic amines) is 1. The van der Waals surface area contributed by atoms with Crippen molar-refractivity contribution < 1.29 is 37.1 Å². The molecule has 3 unspecified atom stereocenters. The summed E-state index contributed by atoms with van der Waals surface area (Å²) < 4.78 is 39.5. The van der Waals surface area contributed by atoms with Crippen molar-refractivity contribution in [3.05, 3.63) is 0 Å². The smallest absolute Gasteiger partial charge is 0.363 e. The minimum absolute atomic E-state index is 0.0829. The molecule has 5 atom stereocenters. The van der Waals surface area contributed by atoms with E-state index in [0.29, 0.717) is 12.8 Å². The van der Waals surface area contributed by atoms with Gasteiger partial charge in [-0.3, -0.25) is 19.2 Å². The number of fused-ring (bicyclic) bond motifs is 1. The summed E-state index contributed by atoms with van der Waals surface area (Å²) in [5.74, 6) is -5.20. The molecule has 5 N–H and O–H groups in total. The van der Waals surface area contributed by atoms with E-state index in [4.69, 9.17) is 5.73 Å².